The van der Waals surface area contributed by atoms with Crippen molar-refractivity contribution in [2.45, 2.75) is 38.7 Å². The van der Waals surface area contributed by atoms with E-state index in [1.54, 1.807) is 0 Å². The van der Waals surface area contributed by atoms with Crippen molar-refractivity contribution in [3.63, 3.8) is 0 Å². The minimum atomic E-state index is 0.0152. The second kappa shape index (κ2) is 9.76. The summed E-state index contributed by atoms with van der Waals surface area (Å²) in [5.74, 6) is 0. The van der Waals surface area contributed by atoms with Crippen LogP contribution in [0, 0.1) is 0 Å². The molecule has 1 unspecified atom stereocenters. The largest absolute Gasteiger partial charge is 0.368 e. The van der Waals surface area contributed by atoms with Gasteiger partial charge < -0.3 is 9.64 Å². The molecule has 6 nitrogen and oxygen atoms in total. The van der Waals surface area contributed by atoms with Gasteiger partial charge in [0.05, 0.1) is 18.9 Å². The Morgan fingerprint density at radius 2 is 2.00 bits per heavy atom. The van der Waals surface area contributed by atoms with Crippen LogP contribution in [0.25, 0.3) is 16.8 Å². The van der Waals surface area contributed by atoms with Crippen molar-refractivity contribution < 1.29 is 4.74 Å². The summed E-state index contributed by atoms with van der Waals surface area (Å²) in [5.41, 5.74) is 6.59. The third kappa shape index (κ3) is 4.66. The van der Waals surface area contributed by atoms with Crippen LogP contribution >= 0.6 is 0 Å². The molecule has 0 amide bonds. The Labute approximate surface area is 189 Å². The first-order valence-electron chi connectivity index (χ1n) is 11.7. The van der Waals surface area contributed by atoms with E-state index < -0.39 is 0 Å². The topological polar surface area (TPSA) is 55.0 Å². The summed E-state index contributed by atoms with van der Waals surface area (Å²) in [7, 11) is 0. The third-order valence-electron chi connectivity index (χ3n) is 6.51. The lowest BCUT2D eigenvalue weighted by Gasteiger charge is -2.27. The minimum absolute atomic E-state index is 0.0152. The number of hydrogen-bond donors (Lipinski definition) is 0. The number of fused-ring (bicyclic) bond motifs is 1. The highest BCUT2D eigenvalue weighted by molar-refractivity contribution is 5.89. The summed E-state index contributed by atoms with van der Waals surface area (Å²) in [5, 5.41) is 4.56. The van der Waals surface area contributed by atoms with Crippen molar-refractivity contribution in [1.29, 1.82) is 0 Å². The second-order valence-corrected chi connectivity index (χ2v) is 8.75. The number of piperidine rings is 1. The Bertz CT molecular complexity index is 1110. The van der Waals surface area contributed by atoms with Crippen LogP contribution in [0.5, 0.6) is 0 Å². The average Bonchev–Trinajstić information content (AvgIpc) is 3.18. The lowest BCUT2D eigenvalue weighted by Crippen LogP contribution is -2.33. The zero-order valence-corrected chi connectivity index (χ0v) is 18.8. The van der Waals surface area contributed by atoms with E-state index in [9.17, 15) is 0 Å². The molecule has 32 heavy (non-hydrogen) atoms. The van der Waals surface area contributed by atoms with Crippen molar-refractivity contribution in [2.75, 3.05) is 32.8 Å². The van der Waals surface area contributed by atoms with Gasteiger partial charge in [-0.3, -0.25) is 4.99 Å². The number of aromatic nitrogens is 3. The molecule has 1 atom stereocenters. The van der Waals surface area contributed by atoms with Gasteiger partial charge in [0.15, 0.2) is 5.65 Å². The molecule has 0 N–H and O–H groups in total. The van der Waals surface area contributed by atoms with E-state index >= 15 is 0 Å². The number of allylic oxidation sites excluding steroid dienone is 5. The van der Waals surface area contributed by atoms with Gasteiger partial charge in [-0.15, -0.1) is 0 Å². The van der Waals surface area contributed by atoms with Gasteiger partial charge in [-0.2, -0.15) is 5.10 Å². The summed E-state index contributed by atoms with van der Waals surface area (Å²) in [6, 6.07) is 0. The molecule has 5 rings (SSSR count). The van der Waals surface area contributed by atoms with Gasteiger partial charge in [0.25, 0.3) is 0 Å². The van der Waals surface area contributed by atoms with E-state index in [0.717, 1.165) is 48.5 Å². The van der Waals surface area contributed by atoms with Gasteiger partial charge in [0.1, 0.15) is 0 Å². The molecule has 166 valence electrons. The maximum atomic E-state index is 6.22. The van der Waals surface area contributed by atoms with Crippen molar-refractivity contribution in [3.8, 4) is 0 Å². The Morgan fingerprint density at radius 3 is 2.84 bits per heavy atom. The van der Waals surface area contributed by atoms with Gasteiger partial charge in [-0.05, 0) is 62.1 Å². The predicted molar refractivity (Wildman–Crippen MR) is 130 cm³/mol. The normalized spacial score (nSPS) is 21.9. The molecular weight excluding hydrogens is 398 g/mol. The fourth-order valence-electron chi connectivity index (χ4n) is 4.55. The lowest BCUT2D eigenvalue weighted by atomic mass is 10.0. The Balaban J connectivity index is 1.28. The van der Waals surface area contributed by atoms with Gasteiger partial charge in [0, 0.05) is 42.8 Å². The summed E-state index contributed by atoms with van der Waals surface area (Å²) < 4.78 is 8.10. The highest BCUT2D eigenvalue weighted by Crippen LogP contribution is 2.26. The molecule has 4 heterocycles. The lowest BCUT2D eigenvalue weighted by molar-refractivity contribution is 0.0774. The highest BCUT2D eigenvalue weighted by Gasteiger charge is 2.15. The maximum absolute atomic E-state index is 6.22. The molecule has 2 aromatic rings. The molecule has 0 aromatic carbocycles. The zero-order valence-electron chi connectivity index (χ0n) is 18.8. The molecule has 2 aromatic heterocycles. The molecule has 1 fully saturated rings. The van der Waals surface area contributed by atoms with Crippen LogP contribution in [0.1, 0.15) is 43.7 Å². The van der Waals surface area contributed by atoms with E-state index in [4.69, 9.17) is 9.72 Å². The SMILES string of the molecule is CC1=CC=C(c2cnc3c(C4=CC=NCC4)cnn3c2)C=CC1OCCN1CCCCC1. The number of aliphatic imine (C=N–C) groups is 1. The van der Waals surface area contributed by atoms with Crippen LogP contribution in [-0.2, 0) is 4.74 Å². The Kier molecular flexibility index (Phi) is 6.41. The third-order valence-corrected chi connectivity index (χ3v) is 6.51. The summed E-state index contributed by atoms with van der Waals surface area (Å²) in [6.07, 6.45) is 23.4. The fraction of sp³-hybridized carbons (Fsp3) is 0.423. The second-order valence-electron chi connectivity index (χ2n) is 8.75. The predicted octanol–water partition coefficient (Wildman–Crippen LogP) is 4.36. The standard InChI is InChI=1S/C26H31N5O/c1-20-5-6-21(7-8-25(20)32-16-15-30-13-3-2-4-14-30)23-17-28-26-24(18-29-31(26)19-23)22-9-11-27-12-10-22/h5-9,11,17-19,25H,2-4,10,12-16H2,1H3. The van der Waals surface area contributed by atoms with Crippen LogP contribution in [0.2, 0.25) is 0 Å². The van der Waals surface area contributed by atoms with Gasteiger partial charge in [-0.1, -0.05) is 30.7 Å². The van der Waals surface area contributed by atoms with Gasteiger partial charge >= 0.3 is 0 Å². The molecular formula is C26H31N5O. The first-order chi connectivity index (χ1) is 15.8. The molecule has 1 saturated heterocycles. The molecule has 0 spiro atoms. The Morgan fingerprint density at radius 1 is 1.09 bits per heavy atom. The Hall–Kier alpha value is -2.83. The number of nitrogens with zero attached hydrogens (tertiary/aromatic N) is 5. The fourth-order valence-corrected chi connectivity index (χ4v) is 4.55. The van der Waals surface area contributed by atoms with Crippen molar-refractivity contribution >= 4 is 23.0 Å². The average molecular weight is 430 g/mol. The number of dihydropyridines is 1. The monoisotopic (exact) mass is 429 g/mol. The van der Waals surface area contributed by atoms with Crippen molar-refractivity contribution in [3.05, 3.63) is 65.7 Å². The van der Waals surface area contributed by atoms with E-state index in [-0.39, 0.29) is 6.10 Å². The first-order valence-corrected chi connectivity index (χ1v) is 11.7. The summed E-state index contributed by atoms with van der Waals surface area (Å²) in [6.45, 7) is 7.16. The van der Waals surface area contributed by atoms with Crippen LogP contribution in [0.3, 0.4) is 0 Å². The smallest absolute Gasteiger partial charge is 0.162 e. The summed E-state index contributed by atoms with van der Waals surface area (Å²) >= 11 is 0. The van der Waals surface area contributed by atoms with E-state index in [1.165, 1.54) is 43.5 Å². The van der Waals surface area contributed by atoms with Crippen LogP contribution in [0.15, 0.2) is 59.5 Å². The zero-order chi connectivity index (χ0) is 21.8. The van der Waals surface area contributed by atoms with Crippen molar-refractivity contribution in [2.24, 2.45) is 4.99 Å². The minimum Gasteiger partial charge on any atom is -0.368 e. The van der Waals surface area contributed by atoms with Gasteiger partial charge in [-0.25, -0.2) is 9.50 Å². The molecule has 0 radical (unpaired) electrons. The van der Waals surface area contributed by atoms with Crippen molar-refractivity contribution in [1.82, 2.24) is 19.5 Å². The molecule has 2 aliphatic heterocycles. The number of rotatable bonds is 6. The van der Waals surface area contributed by atoms with E-state index in [2.05, 4.69) is 58.5 Å². The quantitative estimate of drug-likeness (QED) is 0.685. The van der Waals surface area contributed by atoms with Crippen LogP contribution < -0.4 is 0 Å². The molecule has 6 heteroatoms. The number of likely N-dealkylation sites (tertiary alicyclic amines) is 1. The van der Waals surface area contributed by atoms with Crippen LogP contribution in [-0.4, -0.2) is 64.6 Å². The maximum Gasteiger partial charge on any atom is 0.162 e. The molecule has 0 bridgehead atoms. The van der Waals surface area contributed by atoms with Gasteiger partial charge in [0.2, 0.25) is 0 Å². The number of hydrogen-bond acceptors (Lipinski definition) is 5. The summed E-state index contributed by atoms with van der Waals surface area (Å²) in [4.78, 5) is 11.5. The van der Waals surface area contributed by atoms with E-state index in [1.807, 2.05) is 23.1 Å². The molecule has 1 aliphatic carbocycles. The van der Waals surface area contributed by atoms with E-state index in [0.29, 0.717) is 0 Å². The molecule has 0 saturated carbocycles. The molecule has 3 aliphatic rings. The van der Waals surface area contributed by atoms with Crippen LogP contribution in [0.4, 0.5) is 0 Å². The number of ether oxygens (including phenoxy) is 1. The highest BCUT2D eigenvalue weighted by atomic mass is 16.5. The first kappa shape index (κ1) is 21.0.